The molecule has 0 amide bonds. The van der Waals surface area contributed by atoms with Crippen molar-refractivity contribution in [1.29, 1.82) is 0 Å². The Kier molecular flexibility index (Phi) is 5.10. The summed E-state index contributed by atoms with van der Waals surface area (Å²) in [6.07, 6.45) is 2.08. The Balaban J connectivity index is 3.28. The molecule has 0 rings (SSSR count). The lowest BCUT2D eigenvalue weighted by molar-refractivity contribution is -0.109. The van der Waals surface area contributed by atoms with E-state index in [1.165, 1.54) is 0 Å². The lowest BCUT2D eigenvalue weighted by Crippen LogP contribution is -2.24. The van der Waals surface area contributed by atoms with Crippen molar-refractivity contribution in [2.45, 2.75) is 18.9 Å². The minimum atomic E-state index is -0.385. The molecular formula is C6H14N4O. The highest BCUT2D eigenvalue weighted by Gasteiger charge is 1.97. The van der Waals surface area contributed by atoms with E-state index < -0.39 is 0 Å². The first kappa shape index (κ1) is 9.90. The molecule has 0 radical (unpaired) electrons. The fraction of sp³-hybridized carbons (Fsp3) is 0.667. The van der Waals surface area contributed by atoms with Crippen molar-refractivity contribution in [3.05, 3.63) is 0 Å². The van der Waals surface area contributed by atoms with Gasteiger partial charge < -0.3 is 22.0 Å². The molecule has 0 aliphatic heterocycles. The molecule has 64 valence electrons. The number of carbonyl (C=O) groups excluding carboxylic acids is 1. The van der Waals surface area contributed by atoms with E-state index in [1.54, 1.807) is 0 Å². The zero-order valence-corrected chi connectivity index (χ0v) is 6.36. The zero-order valence-electron chi connectivity index (χ0n) is 6.36. The molecule has 0 unspecified atom stereocenters. The molecule has 0 saturated carbocycles. The molecule has 5 heteroatoms. The average molecular weight is 158 g/mol. The largest absolute Gasteiger partial charge is 0.370 e. The number of rotatable bonds is 5. The second kappa shape index (κ2) is 5.67. The zero-order chi connectivity index (χ0) is 8.69. The van der Waals surface area contributed by atoms with E-state index in [9.17, 15) is 4.79 Å². The molecule has 11 heavy (non-hydrogen) atoms. The van der Waals surface area contributed by atoms with Crippen molar-refractivity contribution in [3.63, 3.8) is 0 Å². The van der Waals surface area contributed by atoms with Crippen LogP contribution in [0, 0.1) is 0 Å². The maximum atomic E-state index is 10.0. The van der Waals surface area contributed by atoms with Gasteiger partial charge in [0.2, 0.25) is 0 Å². The third kappa shape index (κ3) is 6.79. The number of aldehydes is 1. The van der Waals surface area contributed by atoms with Crippen molar-refractivity contribution >= 4 is 12.2 Å². The van der Waals surface area contributed by atoms with Gasteiger partial charge in [-0.15, -0.1) is 0 Å². The van der Waals surface area contributed by atoms with Crippen LogP contribution in [0.3, 0.4) is 0 Å². The van der Waals surface area contributed by atoms with Gasteiger partial charge in [0, 0.05) is 6.54 Å². The van der Waals surface area contributed by atoms with E-state index in [2.05, 4.69) is 4.99 Å². The number of aliphatic imine (C=N–C) groups is 1. The van der Waals surface area contributed by atoms with E-state index in [-0.39, 0.29) is 12.0 Å². The molecule has 0 saturated heterocycles. The van der Waals surface area contributed by atoms with Crippen LogP contribution in [0.15, 0.2) is 4.99 Å². The minimum Gasteiger partial charge on any atom is -0.370 e. The van der Waals surface area contributed by atoms with Crippen LogP contribution in [0.5, 0.6) is 0 Å². The summed E-state index contributed by atoms with van der Waals surface area (Å²) in [4.78, 5) is 13.8. The second-order valence-corrected chi connectivity index (χ2v) is 2.25. The van der Waals surface area contributed by atoms with Crippen LogP contribution in [0.1, 0.15) is 12.8 Å². The summed E-state index contributed by atoms with van der Waals surface area (Å²) in [5.74, 6) is 0.0738. The van der Waals surface area contributed by atoms with Crippen molar-refractivity contribution < 1.29 is 4.79 Å². The molecule has 0 aromatic rings. The summed E-state index contributed by atoms with van der Waals surface area (Å²) >= 11 is 0. The summed E-state index contributed by atoms with van der Waals surface area (Å²) in [5, 5.41) is 0. The first-order valence-electron chi connectivity index (χ1n) is 3.43. The van der Waals surface area contributed by atoms with Gasteiger partial charge in [0.15, 0.2) is 5.96 Å². The van der Waals surface area contributed by atoms with Crippen LogP contribution in [0.25, 0.3) is 0 Å². The van der Waals surface area contributed by atoms with E-state index >= 15 is 0 Å². The highest BCUT2D eigenvalue weighted by atomic mass is 16.1. The third-order valence-corrected chi connectivity index (χ3v) is 1.16. The lowest BCUT2D eigenvalue weighted by atomic mass is 10.2. The van der Waals surface area contributed by atoms with Gasteiger partial charge in [-0.25, -0.2) is 0 Å². The highest BCUT2D eigenvalue weighted by molar-refractivity contribution is 5.75. The number of hydrogen-bond donors (Lipinski definition) is 3. The molecule has 0 aromatic carbocycles. The summed E-state index contributed by atoms with van der Waals surface area (Å²) in [7, 11) is 0. The predicted octanol–water partition coefficient (Wildman–Crippen LogP) is -1.43. The lowest BCUT2D eigenvalue weighted by Gasteiger charge is -2.00. The topological polar surface area (TPSA) is 107 Å². The van der Waals surface area contributed by atoms with Crippen LogP contribution in [-0.2, 0) is 4.79 Å². The molecule has 0 spiro atoms. The SMILES string of the molecule is NC(N)=NCCC[C@@H](N)C=O. The monoisotopic (exact) mass is 158 g/mol. The second-order valence-electron chi connectivity index (χ2n) is 2.25. The third-order valence-electron chi connectivity index (χ3n) is 1.16. The number of nitrogens with two attached hydrogens (primary N) is 3. The summed E-state index contributed by atoms with van der Waals surface area (Å²) < 4.78 is 0. The summed E-state index contributed by atoms with van der Waals surface area (Å²) in [6, 6.07) is -0.385. The number of hydrogen-bond acceptors (Lipinski definition) is 3. The molecule has 6 N–H and O–H groups in total. The summed E-state index contributed by atoms with van der Waals surface area (Å²) in [5.41, 5.74) is 15.4. The quantitative estimate of drug-likeness (QED) is 0.197. The van der Waals surface area contributed by atoms with Gasteiger partial charge in [-0.1, -0.05) is 0 Å². The van der Waals surface area contributed by atoms with E-state index in [4.69, 9.17) is 17.2 Å². The molecular weight excluding hydrogens is 144 g/mol. The maximum Gasteiger partial charge on any atom is 0.185 e. The normalized spacial score (nSPS) is 12.1. The molecule has 0 aliphatic carbocycles. The Morgan fingerprint density at radius 3 is 2.64 bits per heavy atom. The average Bonchev–Trinajstić information content (AvgIpc) is 1.97. The Morgan fingerprint density at radius 2 is 2.18 bits per heavy atom. The fourth-order valence-electron chi connectivity index (χ4n) is 0.603. The van der Waals surface area contributed by atoms with Crippen LogP contribution < -0.4 is 17.2 Å². The van der Waals surface area contributed by atoms with Crippen LogP contribution in [0.4, 0.5) is 0 Å². The van der Waals surface area contributed by atoms with Crippen molar-refractivity contribution in [2.75, 3.05) is 6.54 Å². The van der Waals surface area contributed by atoms with E-state index in [1.807, 2.05) is 0 Å². The van der Waals surface area contributed by atoms with Crippen LogP contribution in [0.2, 0.25) is 0 Å². The van der Waals surface area contributed by atoms with Gasteiger partial charge in [-0.05, 0) is 12.8 Å². The molecule has 0 heterocycles. The molecule has 5 nitrogen and oxygen atoms in total. The standard InChI is InChI=1S/C6H14N4O/c7-5(4-11)2-1-3-10-6(8)9/h4-5H,1-3,7H2,(H4,8,9,10)/t5-/m1/s1. The van der Waals surface area contributed by atoms with Crippen molar-refractivity contribution in [1.82, 2.24) is 0 Å². The highest BCUT2D eigenvalue weighted by Crippen LogP contribution is 1.91. The van der Waals surface area contributed by atoms with Gasteiger partial charge in [-0.2, -0.15) is 0 Å². The number of guanidine groups is 1. The minimum absolute atomic E-state index is 0.0738. The molecule has 0 aliphatic rings. The Labute approximate surface area is 65.6 Å². The van der Waals surface area contributed by atoms with Gasteiger partial charge in [0.25, 0.3) is 0 Å². The van der Waals surface area contributed by atoms with Crippen molar-refractivity contribution in [3.8, 4) is 0 Å². The predicted molar refractivity (Wildman–Crippen MR) is 44.0 cm³/mol. The van der Waals surface area contributed by atoms with Gasteiger partial charge in [0.05, 0.1) is 6.04 Å². The number of nitrogens with zero attached hydrogens (tertiary/aromatic N) is 1. The van der Waals surface area contributed by atoms with Gasteiger partial charge in [-0.3, -0.25) is 4.99 Å². The van der Waals surface area contributed by atoms with E-state index in [0.29, 0.717) is 13.0 Å². The molecule has 0 fully saturated rings. The Hall–Kier alpha value is -1.10. The fourth-order valence-corrected chi connectivity index (χ4v) is 0.603. The van der Waals surface area contributed by atoms with Gasteiger partial charge in [0.1, 0.15) is 6.29 Å². The molecule has 0 aromatic heterocycles. The number of carbonyl (C=O) groups is 1. The smallest absolute Gasteiger partial charge is 0.185 e. The molecule has 1 atom stereocenters. The Bertz CT molecular complexity index is 142. The van der Waals surface area contributed by atoms with Crippen LogP contribution in [-0.4, -0.2) is 24.8 Å². The van der Waals surface area contributed by atoms with Crippen molar-refractivity contribution in [2.24, 2.45) is 22.2 Å². The van der Waals surface area contributed by atoms with Crippen LogP contribution >= 0.6 is 0 Å². The maximum absolute atomic E-state index is 10.0. The van der Waals surface area contributed by atoms with E-state index in [0.717, 1.165) is 12.7 Å². The molecule has 0 bridgehead atoms. The summed E-state index contributed by atoms with van der Waals surface area (Å²) in [6.45, 7) is 0.532. The van der Waals surface area contributed by atoms with Gasteiger partial charge >= 0.3 is 0 Å². The first-order chi connectivity index (χ1) is 5.16. The first-order valence-corrected chi connectivity index (χ1v) is 3.43. The Morgan fingerprint density at radius 1 is 1.55 bits per heavy atom.